The van der Waals surface area contributed by atoms with Crippen LogP contribution in [0.2, 0.25) is 0 Å². The van der Waals surface area contributed by atoms with Crippen molar-refractivity contribution in [3.8, 4) is 0 Å². The Bertz CT molecular complexity index is 596. The molecule has 1 saturated carbocycles. The zero-order chi connectivity index (χ0) is 14.7. The summed E-state index contributed by atoms with van der Waals surface area (Å²) in [6.45, 7) is 2.25. The lowest BCUT2D eigenvalue weighted by Crippen LogP contribution is -2.18. The average Bonchev–Trinajstić information content (AvgIpc) is 3.03. The van der Waals surface area contributed by atoms with Gasteiger partial charge in [0.1, 0.15) is 0 Å². The number of hydrogen-bond donors (Lipinski definition) is 1. The molecular formula is C20H27N. The number of aryl methyl sites for hydroxylation is 1. The van der Waals surface area contributed by atoms with E-state index in [-0.39, 0.29) is 0 Å². The summed E-state index contributed by atoms with van der Waals surface area (Å²) >= 11 is 0. The van der Waals surface area contributed by atoms with E-state index in [1.807, 2.05) is 0 Å². The highest BCUT2D eigenvalue weighted by atomic mass is 14.9. The topological polar surface area (TPSA) is 12.0 Å². The molecule has 0 radical (unpaired) electrons. The van der Waals surface area contributed by atoms with Crippen molar-refractivity contribution in [2.45, 2.75) is 51.5 Å². The highest BCUT2D eigenvalue weighted by Gasteiger charge is 2.19. The molecule has 1 aliphatic rings. The molecule has 2 aromatic carbocycles. The minimum Gasteiger partial charge on any atom is -0.313 e. The Morgan fingerprint density at radius 2 is 1.86 bits per heavy atom. The van der Waals surface area contributed by atoms with Gasteiger partial charge in [-0.15, -0.1) is 0 Å². The highest BCUT2D eigenvalue weighted by molar-refractivity contribution is 5.87. The van der Waals surface area contributed by atoms with Crippen LogP contribution in [0.3, 0.4) is 0 Å². The maximum atomic E-state index is 3.58. The normalized spacial score (nSPS) is 17.4. The van der Waals surface area contributed by atoms with E-state index in [9.17, 15) is 0 Å². The molecular weight excluding hydrogens is 254 g/mol. The van der Waals surface area contributed by atoms with Gasteiger partial charge >= 0.3 is 0 Å². The molecule has 1 heteroatoms. The van der Waals surface area contributed by atoms with Crippen molar-refractivity contribution in [2.75, 3.05) is 7.05 Å². The van der Waals surface area contributed by atoms with Gasteiger partial charge in [0.15, 0.2) is 0 Å². The van der Waals surface area contributed by atoms with E-state index in [1.54, 1.807) is 0 Å². The molecule has 0 aliphatic heterocycles. The first-order chi connectivity index (χ1) is 10.3. The smallest absolute Gasteiger partial charge is 0.0326 e. The fourth-order valence-electron chi connectivity index (χ4n) is 4.00. The van der Waals surface area contributed by atoms with Crippen molar-refractivity contribution in [1.82, 2.24) is 5.32 Å². The van der Waals surface area contributed by atoms with Gasteiger partial charge in [-0.05, 0) is 54.6 Å². The van der Waals surface area contributed by atoms with Crippen molar-refractivity contribution in [3.63, 3.8) is 0 Å². The molecule has 0 heterocycles. The molecule has 1 atom stereocenters. The van der Waals surface area contributed by atoms with E-state index in [0.29, 0.717) is 6.04 Å². The number of benzene rings is 2. The third-order valence-electron chi connectivity index (χ3n) is 5.22. The first kappa shape index (κ1) is 14.6. The maximum Gasteiger partial charge on any atom is 0.0326 e. The monoisotopic (exact) mass is 281 g/mol. The fraction of sp³-hybridized carbons (Fsp3) is 0.500. The second-order valence-electron chi connectivity index (χ2n) is 6.59. The summed E-state index contributed by atoms with van der Waals surface area (Å²) < 4.78 is 0. The van der Waals surface area contributed by atoms with Gasteiger partial charge in [0, 0.05) is 6.04 Å². The van der Waals surface area contributed by atoms with E-state index in [4.69, 9.17) is 0 Å². The van der Waals surface area contributed by atoms with Crippen LogP contribution in [0.25, 0.3) is 10.8 Å². The zero-order valence-electron chi connectivity index (χ0n) is 13.4. The molecule has 1 fully saturated rings. The third-order valence-corrected chi connectivity index (χ3v) is 5.22. The Morgan fingerprint density at radius 3 is 2.62 bits per heavy atom. The van der Waals surface area contributed by atoms with E-state index in [2.05, 4.69) is 55.7 Å². The number of hydrogen-bond acceptors (Lipinski definition) is 1. The minimum absolute atomic E-state index is 0.483. The minimum atomic E-state index is 0.483. The predicted molar refractivity (Wildman–Crippen MR) is 91.7 cm³/mol. The van der Waals surface area contributed by atoms with Crippen molar-refractivity contribution in [2.24, 2.45) is 5.92 Å². The molecule has 1 aliphatic carbocycles. The number of fused-ring (bicyclic) bond motifs is 1. The molecule has 1 nitrogen and oxygen atoms in total. The van der Waals surface area contributed by atoms with Gasteiger partial charge in [-0.3, -0.25) is 0 Å². The Kier molecular flexibility index (Phi) is 4.60. The Hall–Kier alpha value is -1.34. The largest absolute Gasteiger partial charge is 0.313 e. The lowest BCUT2D eigenvalue weighted by Gasteiger charge is -2.22. The van der Waals surface area contributed by atoms with Crippen LogP contribution in [-0.4, -0.2) is 7.05 Å². The van der Waals surface area contributed by atoms with Crippen molar-refractivity contribution < 1.29 is 0 Å². The van der Waals surface area contributed by atoms with Gasteiger partial charge in [-0.2, -0.15) is 0 Å². The molecule has 0 amide bonds. The Labute approximate surface area is 128 Å². The Balaban J connectivity index is 1.86. The van der Waals surface area contributed by atoms with Crippen molar-refractivity contribution in [3.05, 3.63) is 47.5 Å². The highest BCUT2D eigenvalue weighted by Crippen LogP contribution is 2.34. The van der Waals surface area contributed by atoms with Crippen LogP contribution in [0.15, 0.2) is 36.4 Å². The quantitative estimate of drug-likeness (QED) is 0.776. The summed E-state index contributed by atoms with van der Waals surface area (Å²) in [6.07, 6.45) is 8.42. The van der Waals surface area contributed by atoms with E-state index >= 15 is 0 Å². The second-order valence-corrected chi connectivity index (χ2v) is 6.59. The molecule has 1 unspecified atom stereocenters. The first-order valence-corrected chi connectivity index (χ1v) is 8.45. The third kappa shape index (κ3) is 3.13. The van der Waals surface area contributed by atoms with Gasteiger partial charge in [-0.1, -0.05) is 62.1 Å². The predicted octanol–water partition coefficient (Wildman–Crippen LogP) is 5.38. The number of rotatable bonds is 5. The van der Waals surface area contributed by atoms with Gasteiger partial charge in [0.2, 0.25) is 0 Å². The van der Waals surface area contributed by atoms with Crippen molar-refractivity contribution >= 4 is 10.8 Å². The molecule has 0 bridgehead atoms. The molecule has 1 N–H and O–H groups in total. The SMILES string of the molecule is CNC(CCC1CCCC1)c1c(C)ccc2ccccc12. The summed E-state index contributed by atoms with van der Waals surface area (Å²) in [4.78, 5) is 0. The van der Waals surface area contributed by atoms with Gasteiger partial charge < -0.3 is 5.32 Å². The zero-order valence-corrected chi connectivity index (χ0v) is 13.4. The van der Waals surface area contributed by atoms with Crippen molar-refractivity contribution in [1.29, 1.82) is 0 Å². The molecule has 0 spiro atoms. The average molecular weight is 281 g/mol. The van der Waals surface area contributed by atoms with E-state index in [1.165, 1.54) is 60.4 Å². The van der Waals surface area contributed by atoms with Crippen LogP contribution in [0, 0.1) is 12.8 Å². The van der Waals surface area contributed by atoms with Crippen LogP contribution in [0.5, 0.6) is 0 Å². The van der Waals surface area contributed by atoms with Gasteiger partial charge in [0.25, 0.3) is 0 Å². The van der Waals surface area contributed by atoms with Crippen LogP contribution >= 0.6 is 0 Å². The molecule has 21 heavy (non-hydrogen) atoms. The number of nitrogens with one attached hydrogen (secondary N) is 1. The molecule has 3 rings (SSSR count). The van der Waals surface area contributed by atoms with Gasteiger partial charge in [-0.25, -0.2) is 0 Å². The van der Waals surface area contributed by atoms with E-state index < -0.39 is 0 Å². The van der Waals surface area contributed by atoms with Crippen LogP contribution < -0.4 is 5.32 Å². The summed E-state index contributed by atoms with van der Waals surface area (Å²) in [5.74, 6) is 0.969. The second kappa shape index (κ2) is 6.62. The lowest BCUT2D eigenvalue weighted by atomic mass is 9.89. The standard InChI is InChI=1S/C20H27N/c1-15-11-13-17-9-5-6-10-18(17)20(15)19(21-2)14-12-16-7-3-4-8-16/h5-6,9-11,13,16,19,21H,3-4,7-8,12,14H2,1-2H3. The van der Waals surface area contributed by atoms with Crippen LogP contribution in [0.1, 0.15) is 55.7 Å². The fourth-order valence-corrected chi connectivity index (χ4v) is 4.00. The van der Waals surface area contributed by atoms with E-state index in [0.717, 1.165) is 5.92 Å². The summed E-state index contributed by atoms with van der Waals surface area (Å²) in [7, 11) is 2.11. The molecule has 0 saturated heterocycles. The summed E-state index contributed by atoms with van der Waals surface area (Å²) in [6, 6.07) is 13.8. The maximum absolute atomic E-state index is 3.58. The van der Waals surface area contributed by atoms with Crippen LogP contribution in [-0.2, 0) is 0 Å². The first-order valence-electron chi connectivity index (χ1n) is 8.45. The summed E-state index contributed by atoms with van der Waals surface area (Å²) in [5, 5.41) is 6.36. The van der Waals surface area contributed by atoms with Gasteiger partial charge in [0.05, 0.1) is 0 Å². The summed E-state index contributed by atoms with van der Waals surface area (Å²) in [5.41, 5.74) is 2.92. The lowest BCUT2D eigenvalue weighted by molar-refractivity contribution is 0.428. The molecule has 112 valence electrons. The molecule has 2 aromatic rings. The van der Waals surface area contributed by atoms with Crippen LogP contribution in [0.4, 0.5) is 0 Å². The molecule has 0 aromatic heterocycles. The Morgan fingerprint density at radius 1 is 1.10 bits per heavy atom.